The smallest absolute Gasteiger partial charge is 0.268 e. The topological polar surface area (TPSA) is 144 Å². The summed E-state index contributed by atoms with van der Waals surface area (Å²) in [6.45, 7) is 3.44. The summed E-state index contributed by atoms with van der Waals surface area (Å²) in [6.07, 6.45) is 4.68. The molecule has 6 rings (SSSR count). The van der Waals surface area contributed by atoms with E-state index >= 15 is 0 Å². The second-order valence-corrected chi connectivity index (χ2v) is 9.86. The number of hydrogen-bond acceptors (Lipinski definition) is 8. The van der Waals surface area contributed by atoms with E-state index in [4.69, 9.17) is 14.9 Å². The van der Waals surface area contributed by atoms with Gasteiger partial charge < -0.3 is 30.8 Å². The third kappa shape index (κ3) is 3.32. The molecule has 2 fully saturated rings. The number of primary amides is 1. The number of amides is 2. The summed E-state index contributed by atoms with van der Waals surface area (Å²) in [4.78, 5) is 33.7. The normalized spacial score (nSPS) is 26.6. The Bertz CT molecular complexity index is 1320. The van der Waals surface area contributed by atoms with Crippen LogP contribution in [-0.4, -0.2) is 33.4 Å². The molecule has 3 aliphatic rings. The molecule has 0 saturated heterocycles. The van der Waals surface area contributed by atoms with Crippen molar-refractivity contribution in [3.8, 4) is 5.75 Å². The van der Waals surface area contributed by atoms with Gasteiger partial charge in [0.05, 0.1) is 17.9 Å². The van der Waals surface area contributed by atoms with Crippen LogP contribution < -0.4 is 26.4 Å². The highest BCUT2D eigenvalue weighted by Gasteiger charge is 2.50. The number of ether oxygens (including phenoxy) is 1. The first kappa shape index (κ1) is 20.8. The number of aromatic nitrogens is 2. The van der Waals surface area contributed by atoms with E-state index < -0.39 is 5.60 Å². The monoisotopic (exact) mass is 462 g/mol. The summed E-state index contributed by atoms with van der Waals surface area (Å²) >= 11 is 0. The minimum atomic E-state index is -0.930. The largest absolute Gasteiger partial charge is 0.476 e. The molecular weight excluding hydrogens is 436 g/mol. The van der Waals surface area contributed by atoms with Gasteiger partial charge in [-0.3, -0.25) is 9.59 Å². The summed E-state index contributed by atoms with van der Waals surface area (Å²) in [6, 6.07) is 7.09. The average Bonchev–Trinajstić information content (AvgIpc) is 3.51. The van der Waals surface area contributed by atoms with Gasteiger partial charge >= 0.3 is 0 Å². The Balaban J connectivity index is 1.30. The molecule has 0 unspecified atom stereocenters. The third-order valence-electron chi connectivity index (χ3n) is 7.25. The van der Waals surface area contributed by atoms with Crippen molar-refractivity contribution in [1.29, 1.82) is 0 Å². The van der Waals surface area contributed by atoms with Crippen molar-refractivity contribution in [2.24, 2.45) is 23.5 Å². The molecule has 2 amide bonds. The van der Waals surface area contributed by atoms with E-state index in [0.717, 1.165) is 19.3 Å². The number of carbonyl (C=O) groups excluding carboxylic acids is 2. The van der Waals surface area contributed by atoms with Crippen LogP contribution >= 0.6 is 0 Å². The highest BCUT2D eigenvalue weighted by atomic mass is 16.5. The van der Waals surface area contributed by atoms with Crippen LogP contribution in [0.2, 0.25) is 0 Å². The predicted molar refractivity (Wildman–Crippen MR) is 126 cm³/mol. The zero-order valence-electron chi connectivity index (χ0n) is 18.9. The van der Waals surface area contributed by atoms with Crippen LogP contribution in [0.5, 0.6) is 5.75 Å². The predicted octanol–water partition coefficient (Wildman–Crippen LogP) is 3.39. The van der Waals surface area contributed by atoms with E-state index in [1.54, 1.807) is 38.3 Å². The van der Waals surface area contributed by atoms with Crippen molar-refractivity contribution >= 4 is 46.1 Å². The molecule has 176 valence electrons. The van der Waals surface area contributed by atoms with Crippen molar-refractivity contribution in [3.63, 3.8) is 0 Å². The Kier molecular flexibility index (Phi) is 4.48. The van der Waals surface area contributed by atoms with Gasteiger partial charge in [-0.1, -0.05) is 0 Å². The number of nitrogens with two attached hydrogens (primary N) is 1. The molecule has 4 atom stereocenters. The minimum Gasteiger partial charge on any atom is -0.476 e. The van der Waals surface area contributed by atoms with Gasteiger partial charge in [0.15, 0.2) is 17.0 Å². The van der Waals surface area contributed by atoms with Gasteiger partial charge in [0.2, 0.25) is 11.9 Å². The second-order valence-electron chi connectivity index (χ2n) is 9.86. The van der Waals surface area contributed by atoms with Gasteiger partial charge in [-0.25, -0.2) is 4.98 Å². The van der Waals surface area contributed by atoms with E-state index in [0.29, 0.717) is 51.8 Å². The number of benzene rings is 1. The average molecular weight is 463 g/mol. The minimum absolute atomic E-state index is 0.0771. The number of rotatable bonds is 5. The van der Waals surface area contributed by atoms with Gasteiger partial charge in [0, 0.05) is 17.8 Å². The summed E-state index contributed by atoms with van der Waals surface area (Å²) in [5.41, 5.74) is 7.24. The van der Waals surface area contributed by atoms with Crippen molar-refractivity contribution in [2.45, 2.75) is 44.8 Å². The second kappa shape index (κ2) is 7.34. The van der Waals surface area contributed by atoms with Gasteiger partial charge in [-0.05, 0) is 63.1 Å². The lowest BCUT2D eigenvalue weighted by Crippen LogP contribution is -2.45. The standard InChI is InChI=1S/C24H26N6O4/c1-24(2)22(32)27-15-10-13(5-6-16(15)34-24)26-23-28-14-7-8-33-19(14)21(30-23)29-18-12-4-3-11(9-12)17(18)20(25)31/h5-8,10-12,17-18H,3-4,9H2,1-2H3,(H2,25,31)(H,27,32)(H2,26,28,29,30)/t11-,12+,17+,18-/m0/s1. The number of anilines is 4. The molecule has 34 heavy (non-hydrogen) atoms. The first-order chi connectivity index (χ1) is 16.3. The first-order valence-electron chi connectivity index (χ1n) is 11.5. The van der Waals surface area contributed by atoms with E-state index in [-0.39, 0.29) is 23.8 Å². The molecule has 10 nitrogen and oxygen atoms in total. The Hall–Kier alpha value is -3.82. The van der Waals surface area contributed by atoms with E-state index in [2.05, 4.69) is 25.9 Å². The van der Waals surface area contributed by atoms with Gasteiger partial charge in [0.25, 0.3) is 5.91 Å². The first-order valence-corrected chi connectivity index (χ1v) is 11.5. The van der Waals surface area contributed by atoms with Crippen LogP contribution in [0.4, 0.5) is 23.1 Å². The van der Waals surface area contributed by atoms with Crippen molar-refractivity contribution in [1.82, 2.24) is 9.97 Å². The molecule has 2 bridgehead atoms. The summed E-state index contributed by atoms with van der Waals surface area (Å²) in [7, 11) is 0. The highest BCUT2D eigenvalue weighted by Crippen LogP contribution is 2.49. The van der Waals surface area contributed by atoms with Crippen LogP contribution in [0.25, 0.3) is 11.1 Å². The van der Waals surface area contributed by atoms with Gasteiger partial charge in [-0.15, -0.1) is 0 Å². The zero-order chi connectivity index (χ0) is 23.6. The van der Waals surface area contributed by atoms with E-state index in [9.17, 15) is 9.59 Å². The zero-order valence-corrected chi connectivity index (χ0v) is 18.9. The van der Waals surface area contributed by atoms with Gasteiger partial charge in [-0.2, -0.15) is 4.98 Å². The Morgan fingerprint density at radius 2 is 2.03 bits per heavy atom. The summed E-state index contributed by atoms with van der Waals surface area (Å²) < 4.78 is 11.5. The van der Waals surface area contributed by atoms with Crippen LogP contribution in [-0.2, 0) is 9.59 Å². The molecule has 10 heteroatoms. The molecule has 5 N–H and O–H groups in total. The lowest BCUT2D eigenvalue weighted by atomic mass is 9.84. The SMILES string of the molecule is CC1(C)Oc2ccc(Nc3nc(N[C@H]4[C@@H]5CC[C@@H](C5)[C@H]4C(N)=O)c4occc4n3)cc2NC1=O. The molecule has 0 radical (unpaired) electrons. The highest BCUT2D eigenvalue weighted by molar-refractivity contribution is 6.00. The van der Waals surface area contributed by atoms with Crippen LogP contribution in [0.15, 0.2) is 34.9 Å². The maximum absolute atomic E-state index is 12.3. The molecule has 3 heterocycles. The third-order valence-corrected chi connectivity index (χ3v) is 7.25. The number of furan rings is 1. The Morgan fingerprint density at radius 1 is 1.21 bits per heavy atom. The quantitative estimate of drug-likeness (QED) is 0.452. The fourth-order valence-electron chi connectivity index (χ4n) is 5.60. The molecule has 2 saturated carbocycles. The lowest BCUT2D eigenvalue weighted by molar-refractivity contribution is -0.129. The molecule has 3 aromatic rings. The maximum Gasteiger partial charge on any atom is 0.268 e. The van der Waals surface area contributed by atoms with Crippen molar-refractivity contribution < 1.29 is 18.7 Å². The fraction of sp³-hybridized carbons (Fsp3) is 0.417. The summed E-state index contributed by atoms with van der Waals surface area (Å²) in [5, 5.41) is 9.54. The van der Waals surface area contributed by atoms with Crippen LogP contribution in [0, 0.1) is 17.8 Å². The van der Waals surface area contributed by atoms with E-state index in [1.807, 2.05) is 6.07 Å². The Labute approximate surface area is 195 Å². The molecular formula is C24H26N6O4. The molecule has 1 aromatic carbocycles. The van der Waals surface area contributed by atoms with E-state index in [1.165, 1.54) is 0 Å². The molecule has 0 spiro atoms. The molecule has 2 aromatic heterocycles. The van der Waals surface area contributed by atoms with Crippen LogP contribution in [0.3, 0.4) is 0 Å². The van der Waals surface area contributed by atoms with Crippen molar-refractivity contribution in [3.05, 3.63) is 30.5 Å². The lowest BCUT2D eigenvalue weighted by Gasteiger charge is -2.31. The number of hydrogen-bond donors (Lipinski definition) is 4. The number of nitrogens with zero attached hydrogens (tertiary/aromatic N) is 2. The number of fused-ring (bicyclic) bond motifs is 4. The number of carbonyl (C=O) groups is 2. The fourth-order valence-corrected chi connectivity index (χ4v) is 5.60. The Morgan fingerprint density at radius 3 is 2.85 bits per heavy atom. The maximum atomic E-state index is 12.3. The van der Waals surface area contributed by atoms with Crippen molar-refractivity contribution in [2.75, 3.05) is 16.0 Å². The van der Waals surface area contributed by atoms with Crippen LogP contribution in [0.1, 0.15) is 33.1 Å². The summed E-state index contributed by atoms with van der Waals surface area (Å²) in [5.74, 6) is 1.48. The number of nitrogens with one attached hydrogen (secondary N) is 3. The van der Waals surface area contributed by atoms with Gasteiger partial charge in [0.1, 0.15) is 11.3 Å². The molecule has 2 aliphatic carbocycles. The molecule has 1 aliphatic heterocycles.